The lowest BCUT2D eigenvalue weighted by molar-refractivity contribution is 0.835. The van der Waals surface area contributed by atoms with Gasteiger partial charge in [-0.25, -0.2) is 4.99 Å². The Balaban J connectivity index is 2.73. The Bertz CT molecular complexity index is 634. The molecule has 0 aromatic heterocycles. The first kappa shape index (κ1) is 16.3. The van der Waals surface area contributed by atoms with E-state index in [-0.39, 0.29) is 0 Å². The van der Waals surface area contributed by atoms with Gasteiger partial charge < -0.3 is 5.73 Å². The number of amidine groups is 1. The van der Waals surface area contributed by atoms with Crippen molar-refractivity contribution < 1.29 is 0 Å². The normalized spacial score (nSPS) is 12.2. The van der Waals surface area contributed by atoms with Crippen molar-refractivity contribution >= 4 is 11.5 Å². The van der Waals surface area contributed by atoms with E-state index in [0.29, 0.717) is 17.7 Å². The van der Waals surface area contributed by atoms with Gasteiger partial charge in [0, 0.05) is 0 Å². The fourth-order valence-electron chi connectivity index (χ4n) is 2.66. The van der Waals surface area contributed by atoms with Gasteiger partial charge in [-0.1, -0.05) is 58.0 Å². The second-order valence-corrected chi connectivity index (χ2v) is 6.43. The molecule has 2 heteroatoms. The minimum atomic E-state index is 0.402. The van der Waals surface area contributed by atoms with Gasteiger partial charge in [0.05, 0.1) is 11.5 Å². The summed E-state index contributed by atoms with van der Waals surface area (Å²) in [4.78, 5) is 4.63. The summed E-state index contributed by atoms with van der Waals surface area (Å²) in [7, 11) is 0. The maximum Gasteiger partial charge on any atom is 0.0965 e. The number of nitrogens with two attached hydrogens (primary N) is 1. The molecule has 0 aliphatic heterocycles. The summed E-state index contributed by atoms with van der Waals surface area (Å²) < 4.78 is 0. The predicted octanol–water partition coefficient (Wildman–Crippen LogP) is 5.61. The van der Waals surface area contributed by atoms with Crippen molar-refractivity contribution in [2.75, 3.05) is 0 Å². The smallest absolute Gasteiger partial charge is 0.0965 e. The molecule has 0 bridgehead atoms. The Morgan fingerprint density at radius 3 is 1.77 bits per heavy atom. The van der Waals surface area contributed by atoms with E-state index in [9.17, 15) is 0 Å². The lowest BCUT2D eigenvalue weighted by atomic mass is 9.88. The van der Waals surface area contributed by atoms with Crippen LogP contribution in [-0.2, 0) is 0 Å². The summed E-state index contributed by atoms with van der Waals surface area (Å²) in [5, 5.41) is 0. The van der Waals surface area contributed by atoms with E-state index in [4.69, 9.17) is 5.73 Å². The molecule has 0 aliphatic carbocycles. The van der Waals surface area contributed by atoms with Crippen LogP contribution in [-0.4, -0.2) is 5.84 Å². The average Bonchev–Trinajstić information content (AvgIpc) is 2.47. The summed E-state index contributed by atoms with van der Waals surface area (Å²) in [5.41, 5.74) is 11.9. The summed E-state index contributed by atoms with van der Waals surface area (Å²) >= 11 is 0. The van der Waals surface area contributed by atoms with Crippen molar-refractivity contribution in [3.8, 4) is 11.1 Å². The lowest BCUT2D eigenvalue weighted by Crippen LogP contribution is -2.06. The van der Waals surface area contributed by atoms with Crippen LogP contribution in [0.3, 0.4) is 0 Å². The van der Waals surface area contributed by atoms with Crippen LogP contribution >= 0.6 is 0 Å². The van der Waals surface area contributed by atoms with E-state index in [1.54, 1.807) is 0 Å². The molecular weight excluding hydrogens is 268 g/mol. The third-order valence-corrected chi connectivity index (χ3v) is 3.81. The zero-order valence-electron chi connectivity index (χ0n) is 14.2. The minimum Gasteiger partial charge on any atom is -0.387 e. The van der Waals surface area contributed by atoms with E-state index >= 15 is 0 Å². The van der Waals surface area contributed by atoms with Crippen LogP contribution in [0, 0.1) is 0 Å². The summed E-state index contributed by atoms with van der Waals surface area (Å²) in [6.45, 7) is 10.7. The van der Waals surface area contributed by atoms with E-state index in [0.717, 1.165) is 5.69 Å². The number of benzene rings is 2. The Labute approximate surface area is 134 Å². The van der Waals surface area contributed by atoms with Gasteiger partial charge in [0.25, 0.3) is 0 Å². The highest BCUT2D eigenvalue weighted by Crippen LogP contribution is 2.38. The van der Waals surface area contributed by atoms with E-state index in [2.05, 4.69) is 69.1 Å². The Hall–Kier alpha value is -2.09. The lowest BCUT2D eigenvalue weighted by Gasteiger charge is -2.19. The molecule has 2 nitrogen and oxygen atoms in total. The van der Waals surface area contributed by atoms with Gasteiger partial charge >= 0.3 is 0 Å². The quantitative estimate of drug-likeness (QED) is 0.577. The second kappa shape index (κ2) is 6.78. The predicted molar refractivity (Wildman–Crippen MR) is 97.0 cm³/mol. The highest BCUT2D eigenvalue weighted by atomic mass is 14.9. The van der Waals surface area contributed by atoms with Crippen LogP contribution in [0.1, 0.15) is 57.6 Å². The first-order chi connectivity index (χ1) is 10.4. The first-order valence-electron chi connectivity index (χ1n) is 7.94. The fourth-order valence-corrected chi connectivity index (χ4v) is 2.66. The number of nitrogens with zero attached hydrogens (tertiary/aromatic N) is 1. The molecule has 2 rings (SSSR count). The van der Waals surface area contributed by atoms with Gasteiger partial charge in [-0.05, 0) is 53.1 Å². The Morgan fingerprint density at radius 1 is 0.864 bits per heavy atom. The fraction of sp³-hybridized carbons (Fsp3) is 0.350. The molecule has 2 aromatic rings. The highest BCUT2D eigenvalue weighted by molar-refractivity contribution is 5.83. The second-order valence-electron chi connectivity index (χ2n) is 6.43. The third kappa shape index (κ3) is 3.56. The van der Waals surface area contributed by atoms with Gasteiger partial charge in [0.1, 0.15) is 0 Å². The van der Waals surface area contributed by atoms with Crippen molar-refractivity contribution in [1.29, 1.82) is 0 Å². The molecule has 22 heavy (non-hydrogen) atoms. The van der Waals surface area contributed by atoms with Gasteiger partial charge in [0.2, 0.25) is 0 Å². The average molecular weight is 294 g/mol. The van der Waals surface area contributed by atoms with Gasteiger partial charge in [0.15, 0.2) is 0 Å². The highest BCUT2D eigenvalue weighted by Gasteiger charge is 2.16. The molecule has 116 valence electrons. The largest absolute Gasteiger partial charge is 0.387 e. The van der Waals surface area contributed by atoms with Crippen molar-refractivity contribution in [2.45, 2.75) is 46.5 Å². The zero-order chi connectivity index (χ0) is 16.3. The Kier molecular flexibility index (Phi) is 5.02. The monoisotopic (exact) mass is 294 g/mol. The van der Waals surface area contributed by atoms with Crippen molar-refractivity contribution in [1.82, 2.24) is 0 Å². The maximum atomic E-state index is 5.86. The van der Waals surface area contributed by atoms with E-state index in [1.165, 1.54) is 22.3 Å². The third-order valence-electron chi connectivity index (χ3n) is 3.81. The SMILES string of the molecule is CC(N)=Nc1c(C(C)C)cc(-c2ccccc2)cc1C(C)C. The standard InChI is InChI=1S/C20H26N2/c1-13(2)18-11-17(16-9-7-6-8-10-16)12-19(14(3)4)20(18)22-15(5)21/h6-14H,1-5H3,(H2,21,22). The first-order valence-corrected chi connectivity index (χ1v) is 7.94. The zero-order valence-corrected chi connectivity index (χ0v) is 14.2. The van der Waals surface area contributed by atoms with Gasteiger partial charge in [-0.15, -0.1) is 0 Å². The number of hydrogen-bond acceptors (Lipinski definition) is 1. The van der Waals surface area contributed by atoms with Crippen LogP contribution in [0.25, 0.3) is 11.1 Å². The van der Waals surface area contributed by atoms with E-state index < -0.39 is 0 Å². The van der Waals surface area contributed by atoms with Crippen LogP contribution < -0.4 is 5.73 Å². The maximum absolute atomic E-state index is 5.86. The number of aliphatic imine (C=N–C) groups is 1. The molecule has 2 aromatic carbocycles. The molecule has 0 unspecified atom stereocenters. The van der Waals surface area contributed by atoms with Gasteiger partial charge in [-0.3, -0.25) is 0 Å². The summed E-state index contributed by atoms with van der Waals surface area (Å²) in [5.74, 6) is 1.41. The molecule has 0 heterocycles. The molecule has 0 spiro atoms. The van der Waals surface area contributed by atoms with Crippen molar-refractivity contribution in [3.05, 3.63) is 53.6 Å². The van der Waals surface area contributed by atoms with Gasteiger partial charge in [-0.2, -0.15) is 0 Å². The molecule has 0 radical (unpaired) electrons. The molecular formula is C20H26N2. The summed E-state index contributed by atoms with van der Waals surface area (Å²) in [6, 6.07) is 15.0. The minimum absolute atomic E-state index is 0.402. The molecule has 0 amide bonds. The molecule has 0 saturated heterocycles. The Morgan fingerprint density at radius 2 is 1.36 bits per heavy atom. The van der Waals surface area contributed by atoms with Crippen molar-refractivity contribution in [2.24, 2.45) is 10.7 Å². The van der Waals surface area contributed by atoms with Crippen LogP contribution in [0.15, 0.2) is 47.5 Å². The molecule has 0 atom stereocenters. The number of rotatable bonds is 4. The molecule has 0 fully saturated rings. The molecule has 0 saturated carbocycles. The van der Waals surface area contributed by atoms with E-state index in [1.807, 2.05) is 13.0 Å². The van der Waals surface area contributed by atoms with Crippen LogP contribution in [0.5, 0.6) is 0 Å². The van der Waals surface area contributed by atoms with Crippen LogP contribution in [0.2, 0.25) is 0 Å². The number of hydrogen-bond donors (Lipinski definition) is 1. The van der Waals surface area contributed by atoms with Crippen molar-refractivity contribution in [3.63, 3.8) is 0 Å². The molecule has 2 N–H and O–H groups in total. The van der Waals surface area contributed by atoms with Crippen LogP contribution in [0.4, 0.5) is 5.69 Å². The topological polar surface area (TPSA) is 38.4 Å². The molecule has 0 aliphatic rings. The summed E-state index contributed by atoms with van der Waals surface area (Å²) in [6.07, 6.45) is 0.